The summed E-state index contributed by atoms with van der Waals surface area (Å²) in [6.45, 7) is 2.74. The number of ketones is 1. The number of ether oxygens (including phenoxy) is 1. The number of carbonyl (C=O) groups is 2. The van der Waals surface area contributed by atoms with Crippen LogP contribution in [-0.4, -0.2) is 40.3 Å². The Morgan fingerprint density at radius 2 is 1.94 bits per heavy atom. The molecule has 1 atom stereocenters. The molecule has 31 heavy (non-hydrogen) atoms. The van der Waals surface area contributed by atoms with Crippen LogP contribution < -0.4 is 15.8 Å². The van der Waals surface area contributed by atoms with Gasteiger partial charge in [-0.3, -0.25) is 4.79 Å². The zero-order valence-electron chi connectivity index (χ0n) is 16.6. The number of aliphatic hydroxyl groups excluding tert-OH is 1. The topological polar surface area (TPSA) is 135 Å². The first-order valence-corrected chi connectivity index (χ1v) is 9.89. The highest BCUT2D eigenvalue weighted by atomic mass is 35.5. The lowest BCUT2D eigenvalue weighted by Gasteiger charge is -2.24. The molecule has 0 aliphatic carbocycles. The SMILES string of the molecule is CC(C)(O)C(O)COc1ccc2c(NC(N)=O)c(C(=O)c3ccc(Cl)cc3Cl)oc2c1. The van der Waals surface area contributed by atoms with Gasteiger partial charge in [0.2, 0.25) is 5.78 Å². The van der Waals surface area contributed by atoms with Crippen LogP contribution in [-0.2, 0) is 0 Å². The van der Waals surface area contributed by atoms with Crippen molar-refractivity contribution in [3.63, 3.8) is 0 Å². The first-order chi connectivity index (χ1) is 14.5. The van der Waals surface area contributed by atoms with E-state index in [1.807, 2.05) is 0 Å². The Labute approximate surface area is 187 Å². The Morgan fingerprint density at radius 1 is 1.23 bits per heavy atom. The Morgan fingerprint density at radius 3 is 2.55 bits per heavy atom. The number of fused-ring (bicyclic) bond motifs is 1. The van der Waals surface area contributed by atoms with Gasteiger partial charge in [-0.2, -0.15) is 0 Å². The molecule has 0 aliphatic rings. The molecule has 0 aliphatic heterocycles. The first-order valence-electron chi connectivity index (χ1n) is 9.13. The van der Waals surface area contributed by atoms with Gasteiger partial charge in [-0.15, -0.1) is 0 Å². The minimum absolute atomic E-state index is 0.0848. The molecule has 1 unspecified atom stereocenters. The molecule has 164 valence electrons. The van der Waals surface area contributed by atoms with Gasteiger partial charge in [0, 0.05) is 22.0 Å². The van der Waals surface area contributed by atoms with Gasteiger partial charge in [-0.25, -0.2) is 4.79 Å². The van der Waals surface area contributed by atoms with Crippen molar-refractivity contribution in [2.75, 3.05) is 11.9 Å². The molecule has 2 aromatic carbocycles. The molecular formula is C21H20Cl2N2O6. The van der Waals surface area contributed by atoms with Gasteiger partial charge in [0.25, 0.3) is 0 Å². The number of nitrogens with two attached hydrogens (primary N) is 1. The first kappa shape index (κ1) is 22.9. The van der Waals surface area contributed by atoms with Crippen molar-refractivity contribution < 1.29 is 29.0 Å². The summed E-state index contributed by atoms with van der Waals surface area (Å²) in [5.41, 5.74) is 4.36. The minimum atomic E-state index is -1.34. The van der Waals surface area contributed by atoms with E-state index in [-0.39, 0.29) is 34.2 Å². The van der Waals surface area contributed by atoms with E-state index in [0.29, 0.717) is 16.2 Å². The smallest absolute Gasteiger partial charge is 0.316 e. The number of carbonyl (C=O) groups excluding carboxylic acids is 2. The maximum absolute atomic E-state index is 13.1. The maximum Gasteiger partial charge on any atom is 0.316 e. The molecule has 0 spiro atoms. The zero-order chi connectivity index (χ0) is 22.9. The monoisotopic (exact) mass is 466 g/mol. The van der Waals surface area contributed by atoms with E-state index < -0.39 is 23.5 Å². The summed E-state index contributed by atoms with van der Waals surface area (Å²) in [7, 11) is 0. The quantitative estimate of drug-likeness (QED) is 0.389. The third kappa shape index (κ3) is 5.11. The highest BCUT2D eigenvalue weighted by Gasteiger charge is 2.27. The average Bonchev–Trinajstić information content (AvgIpc) is 3.02. The molecule has 10 heteroatoms. The number of halogens is 2. The second-order valence-electron chi connectivity index (χ2n) is 7.39. The Hall–Kier alpha value is -2.78. The fourth-order valence-corrected chi connectivity index (χ4v) is 3.24. The molecule has 0 saturated heterocycles. The van der Waals surface area contributed by atoms with Gasteiger partial charge in [0.1, 0.15) is 29.7 Å². The standard InChI is InChI=1S/C21H20Cl2N2O6/c1-21(2,29)16(26)9-30-11-4-6-13-15(8-11)31-19(17(13)25-20(24)28)18(27)12-5-3-10(22)7-14(12)23/h3-8,16,26,29H,9H2,1-2H3,(H3,24,25,28). The number of amides is 2. The van der Waals surface area contributed by atoms with Gasteiger partial charge < -0.3 is 30.4 Å². The summed E-state index contributed by atoms with van der Waals surface area (Å²) in [5, 5.41) is 23.0. The lowest BCUT2D eigenvalue weighted by atomic mass is 10.0. The van der Waals surface area contributed by atoms with E-state index in [1.54, 1.807) is 12.1 Å². The van der Waals surface area contributed by atoms with E-state index in [4.69, 9.17) is 38.1 Å². The van der Waals surface area contributed by atoms with E-state index >= 15 is 0 Å². The molecule has 0 bridgehead atoms. The third-order valence-electron chi connectivity index (χ3n) is 4.52. The lowest BCUT2D eigenvalue weighted by molar-refractivity contribution is -0.0661. The number of hydrogen-bond donors (Lipinski definition) is 4. The van der Waals surface area contributed by atoms with Crippen molar-refractivity contribution in [2.24, 2.45) is 5.73 Å². The molecule has 2 amide bonds. The molecule has 0 radical (unpaired) electrons. The van der Waals surface area contributed by atoms with Crippen molar-refractivity contribution in [3.8, 4) is 5.75 Å². The van der Waals surface area contributed by atoms with Crippen LogP contribution in [0.25, 0.3) is 11.0 Å². The molecule has 8 nitrogen and oxygen atoms in total. The number of aliphatic hydroxyl groups is 2. The number of urea groups is 1. The highest BCUT2D eigenvalue weighted by Crippen LogP contribution is 2.36. The van der Waals surface area contributed by atoms with Crippen molar-refractivity contribution in [1.82, 2.24) is 0 Å². The molecule has 5 N–H and O–H groups in total. The highest BCUT2D eigenvalue weighted by molar-refractivity contribution is 6.37. The van der Waals surface area contributed by atoms with Gasteiger partial charge in [0.05, 0.1) is 10.6 Å². The number of furan rings is 1. The van der Waals surface area contributed by atoms with Crippen LogP contribution in [0, 0.1) is 0 Å². The maximum atomic E-state index is 13.1. The molecular weight excluding hydrogens is 447 g/mol. The van der Waals surface area contributed by atoms with Crippen LogP contribution in [0.4, 0.5) is 10.5 Å². The van der Waals surface area contributed by atoms with Crippen LogP contribution in [0.3, 0.4) is 0 Å². The Bertz CT molecular complexity index is 1150. The molecule has 0 saturated carbocycles. The van der Waals surface area contributed by atoms with Crippen LogP contribution in [0.15, 0.2) is 40.8 Å². The summed E-state index contributed by atoms with van der Waals surface area (Å²) >= 11 is 12.0. The number of nitrogens with one attached hydrogen (secondary N) is 1. The van der Waals surface area contributed by atoms with Crippen molar-refractivity contribution >= 4 is 51.7 Å². The Balaban J connectivity index is 2.00. The van der Waals surface area contributed by atoms with Crippen LogP contribution in [0.5, 0.6) is 5.75 Å². The second-order valence-corrected chi connectivity index (χ2v) is 8.23. The number of rotatable bonds is 7. The van der Waals surface area contributed by atoms with E-state index in [2.05, 4.69) is 5.32 Å². The second kappa shape index (κ2) is 8.76. The molecule has 3 aromatic rings. The zero-order valence-corrected chi connectivity index (χ0v) is 18.1. The fraction of sp³-hybridized carbons (Fsp3) is 0.238. The lowest BCUT2D eigenvalue weighted by Crippen LogP contribution is -2.40. The van der Waals surface area contributed by atoms with Crippen molar-refractivity contribution in [1.29, 1.82) is 0 Å². The third-order valence-corrected chi connectivity index (χ3v) is 5.06. The van der Waals surface area contributed by atoms with Crippen molar-refractivity contribution in [3.05, 3.63) is 57.8 Å². The van der Waals surface area contributed by atoms with Gasteiger partial charge in [-0.1, -0.05) is 23.2 Å². The predicted molar refractivity (Wildman–Crippen MR) is 117 cm³/mol. The summed E-state index contributed by atoms with van der Waals surface area (Å²) in [5.74, 6) is -0.438. The molecule has 1 aromatic heterocycles. The summed E-state index contributed by atoms with van der Waals surface area (Å²) < 4.78 is 11.2. The van der Waals surface area contributed by atoms with Crippen LogP contribution in [0.1, 0.15) is 30.0 Å². The fourth-order valence-electron chi connectivity index (χ4n) is 2.75. The Kier molecular flexibility index (Phi) is 6.47. The van der Waals surface area contributed by atoms with E-state index in [9.17, 15) is 19.8 Å². The number of primary amides is 1. The van der Waals surface area contributed by atoms with E-state index in [0.717, 1.165) is 0 Å². The predicted octanol–water partition coefficient (Wildman–Crippen LogP) is 3.97. The number of benzene rings is 2. The normalized spacial score (nSPS) is 12.6. The minimum Gasteiger partial charge on any atom is -0.491 e. The van der Waals surface area contributed by atoms with Gasteiger partial charge in [-0.05, 0) is 44.2 Å². The van der Waals surface area contributed by atoms with Crippen LogP contribution in [0.2, 0.25) is 10.0 Å². The van der Waals surface area contributed by atoms with E-state index in [1.165, 1.54) is 38.1 Å². The van der Waals surface area contributed by atoms with Crippen molar-refractivity contribution in [2.45, 2.75) is 25.6 Å². The molecule has 0 fully saturated rings. The van der Waals surface area contributed by atoms with Gasteiger partial charge >= 0.3 is 6.03 Å². The number of anilines is 1. The number of hydrogen-bond acceptors (Lipinski definition) is 6. The summed E-state index contributed by atoms with van der Waals surface area (Å²) in [6, 6.07) is 8.10. The van der Waals surface area contributed by atoms with Crippen LogP contribution >= 0.6 is 23.2 Å². The average molecular weight is 467 g/mol. The summed E-state index contributed by atoms with van der Waals surface area (Å²) in [6.07, 6.45) is -1.13. The molecule has 3 rings (SSSR count). The van der Waals surface area contributed by atoms with Gasteiger partial charge in [0.15, 0.2) is 5.76 Å². The summed E-state index contributed by atoms with van der Waals surface area (Å²) in [4.78, 5) is 24.6. The molecule has 1 heterocycles. The largest absolute Gasteiger partial charge is 0.491 e.